The third-order valence-corrected chi connectivity index (χ3v) is 4.93. The molecule has 3 heterocycles. The first-order chi connectivity index (χ1) is 11.7. The number of piperidine rings is 1. The SMILES string of the molecule is C[C@H]1CCCN(Cc2c(-c3ccc(F)cc3)[nH]c3ncccc23)C1. The van der Waals surface area contributed by atoms with Gasteiger partial charge in [-0.05, 0) is 67.3 Å². The molecule has 0 saturated carbocycles. The van der Waals surface area contributed by atoms with Crippen molar-refractivity contribution in [2.24, 2.45) is 5.92 Å². The number of likely N-dealkylation sites (tertiary alicyclic amines) is 1. The zero-order valence-corrected chi connectivity index (χ0v) is 13.9. The van der Waals surface area contributed by atoms with Crippen molar-refractivity contribution in [3.05, 3.63) is 54.0 Å². The summed E-state index contributed by atoms with van der Waals surface area (Å²) in [7, 11) is 0. The molecule has 1 saturated heterocycles. The summed E-state index contributed by atoms with van der Waals surface area (Å²) in [6.07, 6.45) is 4.38. The Hall–Kier alpha value is -2.20. The van der Waals surface area contributed by atoms with Gasteiger partial charge in [0.25, 0.3) is 0 Å². The molecule has 0 radical (unpaired) electrons. The predicted octanol–water partition coefficient (Wildman–Crippen LogP) is 4.60. The molecule has 2 aromatic heterocycles. The molecule has 1 aliphatic rings. The summed E-state index contributed by atoms with van der Waals surface area (Å²) in [5, 5.41) is 1.16. The topological polar surface area (TPSA) is 31.9 Å². The first-order valence-electron chi connectivity index (χ1n) is 8.64. The second-order valence-electron chi connectivity index (χ2n) is 6.87. The summed E-state index contributed by atoms with van der Waals surface area (Å²) >= 11 is 0. The fourth-order valence-electron chi connectivity index (χ4n) is 3.76. The Morgan fingerprint density at radius 1 is 1.25 bits per heavy atom. The zero-order chi connectivity index (χ0) is 16.5. The van der Waals surface area contributed by atoms with Crippen LogP contribution in [0.2, 0.25) is 0 Å². The molecule has 3 aromatic rings. The number of hydrogen-bond acceptors (Lipinski definition) is 2. The lowest BCUT2D eigenvalue weighted by Crippen LogP contribution is -2.33. The van der Waals surface area contributed by atoms with Crippen LogP contribution in [0.3, 0.4) is 0 Å². The van der Waals surface area contributed by atoms with E-state index >= 15 is 0 Å². The molecule has 4 heteroatoms. The quantitative estimate of drug-likeness (QED) is 0.764. The van der Waals surface area contributed by atoms with E-state index < -0.39 is 0 Å². The first kappa shape index (κ1) is 15.3. The molecule has 4 rings (SSSR count). The lowest BCUT2D eigenvalue weighted by molar-refractivity contribution is 0.177. The second kappa shape index (κ2) is 6.36. The molecule has 1 atom stereocenters. The number of pyridine rings is 1. The van der Waals surface area contributed by atoms with Gasteiger partial charge in [0.2, 0.25) is 0 Å². The van der Waals surface area contributed by atoms with Gasteiger partial charge < -0.3 is 4.98 Å². The van der Waals surface area contributed by atoms with E-state index in [0.29, 0.717) is 0 Å². The van der Waals surface area contributed by atoms with Crippen LogP contribution in [0.5, 0.6) is 0 Å². The molecule has 0 unspecified atom stereocenters. The second-order valence-corrected chi connectivity index (χ2v) is 6.87. The van der Waals surface area contributed by atoms with Crippen molar-refractivity contribution in [1.82, 2.24) is 14.9 Å². The summed E-state index contributed by atoms with van der Waals surface area (Å²) < 4.78 is 13.3. The molecule has 0 spiro atoms. The first-order valence-corrected chi connectivity index (χ1v) is 8.64. The van der Waals surface area contributed by atoms with E-state index in [0.717, 1.165) is 47.8 Å². The van der Waals surface area contributed by atoms with E-state index in [9.17, 15) is 4.39 Å². The molecular weight excluding hydrogens is 301 g/mol. The predicted molar refractivity (Wildman–Crippen MR) is 95.2 cm³/mol. The van der Waals surface area contributed by atoms with Gasteiger partial charge in [0.1, 0.15) is 11.5 Å². The average Bonchev–Trinajstić information content (AvgIpc) is 2.94. The van der Waals surface area contributed by atoms with Crippen molar-refractivity contribution < 1.29 is 4.39 Å². The Bertz CT molecular complexity index is 838. The van der Waals surface area contributed by atoms with E-state index in [1.165, 1.54) is 30.5 Å². The van der Waals surface area contributed by atoms with Crippen LogP contribution in [0.25, 0.3) is 22.3 Å². The zero-order valence-electron chi connectivity index (χ0n) is 13.9. The van der Waals surface area contributed by atoms with Crippen LogP contribution in [0.4, 0.5) is 4.39 Å². The number of benzene rings is 1. The van der Waals surface area contributed by atoms with Crippen LogP contribution in [0.1, 0.15) is 25.3 Å². The minimum Gasteiger partial charge on any atom is -0.339 e. The molecule has 1 aromatic carbocycles. The highest BCUT2D eigenvalue weighted by Gasteiger charge is 2.20. The highest BCUT2D eigenvalue weighted by Crippen LogP contribution is 2.31. The normalized spacial score (nSPS) is 19.0. The monoisotopic (exact) mass is 323 g/mol. The standard InChI is InChI=1S/C20H22FN3/c1-14-4-3-11-24(12-14)13-18-17-5-2-10-22-20(17)23-19(18)15-6-8-16(21)9-7-15/h2,5-10,14H,3-4,11-13H2,1H3,(H,22,23)/t14-/m0/s1. The third-order valence-electron chi connectivity index (χ3n) is 4.93. The lowest BCUT2D eigenvalue weighted by atomic mass is 9.98. The van der Waals surface area contributed by atoms with Gasteiger partial charge in [0.05, 0.1) is 5.69 Å². The number of halogens is 1. The largest absolute Gasteiger partial charge is 0.339 e. The fraction of sp³-hybridized carbons (Fsp3) is 0.350. The molecule has 24 heavy (non-hydrogen) atoms. The van der Waals surface area contributed by atoms with E-state index in [1.807, 2.05) is 18.2 Å². The highest BCUT2D eigenvalue weighted by molar-refractivity contribution is 5.88. The summed E-state index contributed by atoms with van der Waals surface area (Å²) in [6, 6.07) is 10.8. The van der Waals surface area contributed by atoms with Gasteiger partial charge in [-0.1, -0.05) is 6.92 Å². The van der Waals surface area contributed by atoms with Crippen molar-refractivity contribution in [3.63, 3.8) is 0 Å². The number of aromatic nitrogens is 2. The molecule has 0 bridgehead atoms. The lowest BCUT2D eigenvalue weighted by Gasteiger charge is -2.31. The molecule has 124 valence electrons. The van der Waals surface area contributed by atoms with Gasteiger partial charge in [-0.15, -0.1) is 0 Å². The van der Waals surface area contributed by atoms with E-state index in [1.54, 1.807) is 6.20 Å². The summed E-state index contributed by atoms with van der Waals surface area (Å²) in [5.41, 5.74) is 4.23. The molecule has 1 aliphatic heterocycles. The Labute approximate surface area is 141 Å². The molecule has 1 fully saturated rings. The summed E-state index contributed by atoms with van der Waals surface area (Å²) in [6.45, 7) is 5.50. The van der Waals surface area contributed by atoms with Crippen LogP contribution < -0.4 is 0 Å². The van der Waals surface area contributed by atoms with Crippen LogP contribution >= 0.6 is 0 Å². The van der Waals surface area contributed by atoms with E-state index in [2.05, 4.69) is 27.9 Å². The highest BCUT2D eigenvalue weighted by atomic mass is 19.1. The minimum absolute atomic E-state index is 0.209. The van der Waals surface area contributed by atoms with Crippen molar-refractivity contribution in [2.45, 2.75) is 26.3 Å². The molecule has 3 nitrogen and oxygen atoms in total. The smallest absolute Gasteiger partial charge is 0.138 e. The maximum atomic E-state index is 13.3. The number of aromatic amines is 1. The molecule has 0 amide bonds. The minimum atomic E-state index is -0.209. The Morgan fingerprint density at radius 3 is 2.88 bits per heavy atom. The van der Waals surface area contributed by atoms with Gasteiger partial charge in [0, 0.05) is 30.2 Å². The van der Waals surface area contributed by atoms with Crippen LogP contribution in [0.15, 0.2) is 42.6 Å². The number of hydrogen-bond donors (Lipinski definition) is 1. The van der Waals surface area contributed by atoms with E-state index in [-0.39, 0.29) is 5.82 Å². The Morgan fingerprint density at radius 2 is 2.08 bits per heavy atom. The summed E-state index contributed by atoms with van der Waals surface area (Å²) in [5.74, 6) is 0.538. The maximum Gasteiger partial charge on any atom is 0.138 e. The van der Waals surface area contributed by atoms with E-state index in [4.69, 9.17) is 0 Å². The Balaban J connectivity index is 1.76. The van der Waals surface area contributed by atoms with Gasteiger partial charge in [-0.25, -0.2) is 9.37 Å². The van der Waals surface area contributed by atoms with Crippen molar-refractivity contribution in [1.29, 1.82) is 0 Å². The van der Waals surface area contributed by atoms with Crippen molar-refractivity contribution >= 4 is 11.0 Å². The van der Waals surface area contributed by atoms with Crippen LogP contribution in [-0.2, 0) is 6.54 Å². The molecule has 1 N–H and O–H groups in total. The molecular formula is C20H22FN3. The van der Waals surface area contributed by atoms with Crippen LogP contribution in [0, 0.1) is 11.7 Å². The van der Waals surface area contributed by atoms with Crippen LogP contribution in [-0.4, -0.2) is 28.0 Å². The fourth-order valence-corrected chi connectivity index (χ4v) is 3.76. The van der Waals surface area contributed by atoms with Crippen molar-refractivity contribution in [3.8, 4) is 11.3 Å². The third kappa shape index (κ3) is 2.94. The number of H-pyrrole nitrogens is 1. The van der Waals surface area contributed by atoms with Gasteiger partial charge in [-0.3, -0.25) is 4.90 Å². The number of nitrogens with zero attached hydrogens (tertiary/aromatic N) is 2. The Kier molecular flexibility index (Phi) is 4.07. The maximum absolute atomic E-state index is 13.3. The van der Waals surface area contributed by atoms with Crippen molar-refractivity contribution in [2.75, 3.05) is 13.1 Å². The summed E-state index contributed by atoms with van der Waals surface area (Å²) in [4.78, 5) is 10.4. The van der Waals surface area contributed by atoms with Gasteiger partial charge in [0.15, 0.2) is 0 Å². The number of nitrogens with one attached hydrogen (secondary N) is 1. The van der Waals surface area contributed by atoms with Gasteiger partial charge >= 0.3 is 0 Å². The molecule has 0 aliphatic carbocycles. The number of rotatable bonds is 3. The average molecular weight is 323 g/mol. The van der Waals surface area contributed by atoms with Gasteiger partial charge in [-0.2, -0.15) is 0 Å². The number of fused-ring (bicyclic) bond motifs is 1.